The molecule has 0 aliphatic rings. The number of fused-ring (bicyclic) bond motifs is 1. The molecular weight excluding hydrogens is 285 g/mol. The second-order valence-electron chi connectivity index (χ2n) is 4.41. The summed E-state index contributed by atoms with van der Waals surface area (Å²) in [7, 11) is 0. The third-order valence-electron chi connectivity index (χ3n) is 3.00. The van der Waals surface area contributed by atoms with Crippen LogP contribution >= 0.6 is 11.3 Å². The molecular formula is C15H9F3OS. The van der Waals surface area contributed by atoms with Crippen molar-refractivity contribution in [2.45, 2.75) is 6.18 Å². The molecule has 0 aliphatic heterocycles. The van der Waals surface area contributed by atoms with Crippen LogP contribution in [0.4, 0.5) is 13.2 Å². The summed E-state index contributed by atoms with van der Waals surface area (Å²) in [5, 5.41) is 10.4. The second-order valence-corrected chi connectivity index (χ2v) is 5.49. The Morgan fingerprint density at radius 2 is 1.60 bits per heavy atom. The van der Waals surface area contributed by atoms with E-state index in [0.29, 0.717) is 0 Å². The highest BCUT2D eigenvalue weighted by Gasteiger charge is 2.29. The van der Waals surface area contributed by atoms with Crippen molar-refractivity contribution in [3.63, 3.8) is 0 Å². The summed E-state index contributed by atoms with van der Waals surface area (Å²) in [6, 6.07) is 12.0. The maximum atomic E-state index is 12.5. The van der Waals surface area contributed by atoms with Gasteiger partial charge in [0.15, 0.2) is 0 Å². The minimum absolute atomic E-state index is 0.179. The van der Waals surface area contributed by atoms with E-state index in [9.17, 15) is 18.3 Å². The average molecular weight is 294 g/mol. The predicted octanol–water partition coefficient (Wildman–Crippen LogP) is 5.29. The quantitative estimate of drug-likeness (QED) is 0.646. The molecule has 0 spiro atoms. The van der Waals surface area contributed by atoms with Crippen molar-refractivity contribution in [2.24, 2.45) is 0 Å². The normalized spacial score (nSPS) is 11.9. The summed E-state index contributed by atoms with van der Waals surface area (Å²) in [4.78, 5) is 0.874. The van der Waals surface area contributed by atoms with Gasteiger partial charge in [-0.1, -0.05) is 12.1 Å². The standard InChI is InChI=1S/C15H9F3OS/c16-15(17,18)11-4-1-9(2-5-11)13-7-10-3-6-12(19)8-14(10)20-13/h1-8,19H. The van der Waals surface area contributed by atoms with E-state index >= 15 is 0 Å². The van der Waals surface area contributed by atoms with Crippen LogP contribution < -0.4 is 0 Å². The smallest absolute Gasteiger partial charge is 0.416 e. The third kappa shape index (κ3) is 2.36. The van der Waals surface area contributed by atoms with Crippen molar-refractivity contribution < 1.29 is 18.3 Å². The number of rotatable bonds is 1. The molecule has 0 aliphatic carbocycles. The highest BCUT2D eigenvalue weighted by molar-refractivity contribution is 7.22. The van der Waals surface area contributed by atoms with E-state index in [0.717, 1.165) is 32.7 Å². The van der Waals surface area contributed by atoms with Crippen molar-refractivity contribution in [3.8, 4) is 16.2 Å². The molecule has 0 saturated carbocycles. The van der Waals surface area contributed by atoms with Gasteiger partial charge < -0.3 is 5.11 Å². The van der Waals surface area contributed by atoms with Gasteiger partial charge in [0, 0.05) is 9.58 Å². The summed E-state index contributed by atoms with van der Waals surface area (Å²) in [5.41, 5.74) is 0.0821. The monoisotopic (exact) mass is 294 g/mol. The summed E-state index contributed by atoms with van der Waals surface area (Å²) >= 11 is 1.44. The van der Waals surface area contributed by atoms with Gasteiger partial charge in [0.25, 0.3) is 0 Å². The number of hydrogen-bond donors (Lipinski definition) is 1. The largest absolute Gasteiger partial charge is 0.508 e. The first kappa shape index (κ1) is 13.0. The van der Waals surface area contributed by atoms with E-state index in [1.54, 1.807) is 18.2 Å². The molecule has 20 heavy (non-hydrogen) atoms. The van der Waals surface area contributed by atoms with Gasteiger partial charge in [0.2, 0.25) is 0 Å². The molecule has 3 rings (SSSR count). The molecule has 0 bridgehead atoms. The highest BCUT2D eigenvalue weighted by Crippen LogP contribution is 2.36. The number of hydrogen-bond acceptors (Lipinski definition) is 2. The maximum Gasteiger partial charge on any atom is 0.416 e. The lowest BCUT2D eigenvalue weighted by Crippen LogP contribution is -2.03. The third-order valence-corrected chi connectivity index (χ3v) is 4.15. The lowest BCUT2D eigenvalue weighted by molar-refractivity contribution is -0.137. The fourth-order valence-electron chi connectivity index (χ4n) is 1.99. The number of aromatic hydroxyl groups is 1. The fraction of sp³-hybridized carbons (Fsp3) is 0.0667. The van der Waals surface area contributed by atoms with Gasteiger partial charge >= 0.3 is 6.18 Å². The molecule has 0 atom stereocenters. The number of halogens is 3. The van der Waals surface area contributed by atoms with Crippen molar-refractivity contribution >= 4 is 21.4 Å². The molecule has 3 aromatic rings. The van der Waals surface area contributed by atoms with Crippen molar-refractivity contribution in [3.05, 3.63) is 54.1 Å². The van der Waals surface area contributed by atoms with Crippen LogP contribution in [0, 0.1) is 0 Å². The minimum atomic E-state index is -4.31. The fourth-order valence-corrected chi connectivity index (χ4v) is 3.09. The molecule has 5 heteroatoms. The van der Waals surface area contributed by atoms with Crippen molar-refractivity contribution in [1.82, 2.24) is 0 Å². The zero-order valence-corrected chi connectivity index (χ0v) is 10.9. The van der Waals surface area contributed by atoms with Crippen LogP contribution in [-0.4, -0.2) is 5.11 Å². The first-order chi connectivity index (χ1) is 9.43. The summed E-state index contributed by atoms with van der Waals surface area (Å²) < 4.78 is 38.4. The van der Waals surface area contributed by atoms with E-state index in [1.165, 1.54) is 23.5 Å². The van der Waals surface area contributed by atoms with Crippen LogP contribution in [0.2, 0.25) is 0 Å². The van der Waals surface area contributed by atoms with Crippen LogP contribution in [0.1, 0.15) is 5.56 Å². The molecule has 0 amide bonds. The van der Waals surface area contributed by atoms with Gasteiger partial charge in [-0.2, -0.15) is 13.2 Å². The van der Waals surface area contributed by atoms with Gasteiger partial charge in [-0.15, -0.1) is 11.3 Å². The number of benzene rings is 2. The van der Waals surface area contributed by atoms with E-state index in [2.05, 4.69) is 0 Å². The Bertz CT molecular complexity index is 757. The molecule has 1 N–H and O–H groups in total. The maximum absolute atomic E-state index is 12.5. The van der Waals surface area contributed by atoms with Gasteiger partial charge in [0.1, 0.15) is 5.75 Å². The molecule has 1 nitrogen and oxygen atoms in total. The number of phenols is 1. The molecule has 1 heterocycles. The Kier molecular flexibility index (Phi) is 2.94. The Labute approximate surface area is 116 Å². The molecule has 0 radical (unpaired) electrons. The number of alkyl halides is 3. The predicted molar refractivity (Wildman–Crippen MR) is 73.9 cm³/mol. The van der Waals surface area contributed by atoms with Crippen LogP contribution in [0.25, 0.3) is 20.5 Å². The zero-order chi connectivity index (χ0) is 14.3. The summed E-state index contributed by atoms with van der Waals surface area (Å²) in [5.74, 6) is 0.179. The Balaban J connectivity index is 2.02. The van der Waals surface area contributed by atoms with Crippen LogP contribution in [0.3, 0.4) is 0 Å². The minimum Gasteiger partial charge on any atom is -0.508 e. The van der Waals surface area contributed by atoms with Gasteiger partial charge in [-0.25, -0.2) is 0 Å². The van der Waals surface area contributed by atoms with E-state index in [1.807, 2.05) is 6.07 Å². The Morgan fingerprint density at radius 3 is 2.25 bits per heavy atom. The van der Waals surface area contributed by atoms with Gasteiger partial charge in [0.05, 0.1) is 5.56 Å². The molecule has 0 unspecified atom stereocenters. The van der Waals surface area contributed by atoms with E-state index in [-0.39, 0.29) is 5.75 Å². The van der Waals surface area contributed by atoms with Gasteiger partial charge in [-0.3, -0.25) is 0 Å². The molecule has 1 aromatic heterocycles. The van der Waals surface area contributed by atoms with E-state index in [4.69, 9.17) is 0 Å². The Morgan fingerprint density at radius 1 is 0.900 bits per heavy atom. The number of phenolic OH excluding ortho intramolecular Hbond substituents is 1. The van der Waals surface area contributed by atoms with Crippen LogP contribution in [0.15, 0.2) is 48.5 Å². The van der Waals surface area contributed by atoms with Crippen molar-refractivity contribution in [1.29, 1.82) is 0 Å². The lowest BCUT2D eigenvalue weighted by Gasteiger charge is -2.06. The van der Waals surface area contributed by atoms with Crippen molar-refractivity contribution in [2.75, 3.05) is 0 Å². The first-order valence-corrected chi connectivity index (χ1v) is 6.65. The average Bonchev–Trinajstić information content (AvgIpc) is 2.80. The van der Waals surface area contributed by atoms with Crippen LogP contribution in [-0.2, 0) is 6.18 Å². The second kappa shape index (κ2) is 4.52. The highest BCUT2D eigenvalue weighted by atomic mass is 32.1. The Hall–Kier alpha value is -2.01. The molecule has 0 fully saturated rings. The van der Waals surface area contributed by atoms with E-state index < -0.39 is 11.7 Å². The summed E-state index contributed by atoms with van der Waals surface area (Å²) in [6.07, 6.45) is -4.31. The molecule has 2 aromatic carbocycles. The topological polar surface area (TPSA) is 20.2 Å². The molecule has 102 valence electrons. The molecule has 0 saturated heterocycles. The van der Waals surface area contributed by atoms with Crippen LogP contribution in [0.5, 0.6) is 5.75 Å². The number of thiophene rings is 1. The zero-order valence-electron chi connectivity index (χ0n) is 10.1. The summed E-state index contributed by atoms with van der Waals surface area (Å²) in [6.45, 7) is 0. The van der Waals surface area contributed by atoms with Gasteiger partial charge in [-0.05, 0) is 47.3 Å². The SMILES string of the molecule is Oc1ccc2cc(-c3ccc(C(F)(F)F)cc3)sc2c1. The first-order valence-electron chi connectivity index (χ1n) is 5.84. The lowest BCUT2D eigenvalue weighted by atomic mass is 10.1.